The van der Waals surface area contributed by atoms with Gasteiger partial charge in [-0.25, -0.2) is 16.8 Å². The largest absolute Gasteiger partial charge is 2.00 e. The summed E-state index contributed by atoms with van der Waals surface area (Å²) >= 11 is 0. The minimum Gasteiger partial charge on any atom is -0.744 e. The molecule has 73 heavy (non-hydrogen) atoms. The summed E-state index contributed by atoms with van der Waals surface area (Å²) in [6, 6.07) is 13.0. The van der Waals surface area contributed by atoms with Gasteiger partial charge >= 0.3 is 23.1 Å². The van der Waals surface area contributed by atoms with E-state index in [9.17, 15) is 25.9 Å². The van der Waals surface area contributed by atoms with Crippen molar-refractivity contribution >= 4 is 43.3 Å². The third-order valence-electron chi connectivity index (χ3n) is 15.0. The Bertz CT molecular complexity index is 1560. The van der Waals surface area contributed by atoms with Crippen LogP contribution < -0.4 is 0 Å². The average molecular weight is 1070 g/mol. The quantitative estimate of drug-likeness (QED) is 0.0370. The Morgan fingerprint density at radius 2 is 0.438 bits per heavy atom. The van der Waals surface area contributed by atoms with Crippen molar-refractivity contribution in [2.24, 2.45) is 0 Å². The second kappa shape index (κ2) is 53.1. The molecule has 0 fully saturated rings. The molecule has 0 atom stereocenters. The third kappa shape index (κ3) is 49.1. The molecule has 0 spiro atoms. The molecule has 9 heteroatoms. The minimum absolute atomic E-state index is 0. The van der Waals surface area contributed by atoms with E-state index in [1.807, 2.05) is 12.1 Å². The van der Waals surface area contributed by atoms with Gasteiger partial charge in [0.15, 0.2) is 0 Å². The van der Waals surface area contributed by atoms with Gasteiger partial charge in [0.2, 0.25) is 0 Å². The molecule has 0 aliphatic carbocycles. The molecule has 420 valence electrons. The van der Waals surface area contributed by atoms with Crippen LogP contribution >= 0.6 is 0 Å². The van der Waals surface area contributed by atoms with E-state index in [1.165, 1.54) is 320 Å². The first kappa shape index (κ1) is 72.0. The van der Waals surface area contributed by atoms with Gasteiger partial charge in [-0.2, -0.15) is 0 Å². The van der Waals surface area contributed by atoms with Crippen LogP contribution in [0.25, 0.3) is 0 Å². The van der Waals surface area contributed by atoms with E-state index in [-0.39, 0.29) is 32.8 Å². The molecule has 0 bridgehead atoms. The molecule has 0 saturated carbocycles. The Hall–Kier alpha value is -0.974. The minimum atomic E-state index is -4.34. The van der Waals surface area contributed by atoms with E-state index < -0.39 is 20.2 Å². The molecular weight excluding hydrogens is 953 g/mol. The molecule has 0 amide bonds. The van der Waals surface area contributed by atoms with Crippen molar-refractivity contribution in [3.05, 3.63) is 59.7 Å². The second-order valence-electron chi connectivity index (χ2n) is 22.0. The molecule has 0 radical (unpaired) electrons. The van der Waals surface area contributed by atoms with E-state index in [4.69, 9.17) is 0 Å². The smallest absolute Gasteiger partial charge is 0.744 e. The Labute approximate surface area is 470 Å². The summed E-state index contributed by atoms with van der Waals surface area (Å²) < 4.78 is 66.7. The van der Waals surface area contributed by atoms with Gasteiger partial charge in [-0.05, 0) is 61.1 Å². The van der Waals surface area contributed by atoms with Gasteiger partial charge in [0.1, 0.15) is 20.2 Å². The van der Waals surface area contributed by atoms with Crippen molar-refractivity contribution in [3.8, 4) is 0 Å². The summed E-state index contributed by atoms with van der Waals surface area (Å²) in [5.74, 6) is 0. The summed E-state index contributed by atoms with van der Waals surface area (Å²) in [4.78, 5) is -0.214. The van der Waals surface area contributed by atoms with Gasteiger partial charge in [0, 0.05) is 0 Å². The van der Waals surface area contributed by atoms with Gasteiger partial charge in [-0.15, -0.1) is 0 Å². The third-order valence-corrected chi connectivity index (χ3v) is 16.7. The van der Waals surface area contributed by atoms with Gasteiger partial charge < -0.3 is 9.11 Å². The monoisotopic (exact) mass is 1070 g/mol. The van der Waals surface area contributed by atoms with Crippen molar-refractivity contribution in [2.75, 3.05) is 0 Å². The van der Waals surface area contributed by atoms with Crippen LogP contribution in [0.3, 0.4) is 0 Å². The van der Waals surface area contributed by atoms with E-state index in [1.54, 1.807) is 12.1 Å². The van der Waals surface area contributed by atoms with Crippen LogP contribution in [-0.2, 0) is 33.1 Å². The maximum Gasteiger partial charge on any atom is 2.00 e. The number of unbranched alkanes of at least 4 members (excludes halogenated alkanes) is 46. The average Bonchev–Trinajstić information content (AvgIpc) is 3.36. The summed E-state index contributed by atoms with van der Waals surface area (Å²) in [6.07, 6.45) is 68.3. The van der Waals surface area contributed by atoms with Gasteiger partial charge in [0.25, 0.3) is 0 Å². The fourth-order valence-corrected chi connectivity index (χ4v) is 11.4. The van der Waals surface area contributed by atoms with Crippen LogP contribution in [-0.4, -0.2) is 49.0 Å². The zero-order valence-electron chi connectivity index (χ0n) is 47.9. The van der Waals surface area contributed by atoms with Crippen LogP contribution in [0.4, 0.5) is 0 Å². The molecule has 0 aliphatic heterocycles. The van der Waals surface area contributed by atoms with Crippen molar-refractivity contribution < 1.29 is 25.9 Å². The van der Waals surface area contributed by atoms with Gasteiger partial charge in [-0.3, -0.25) is 0 Å². The van der Waals surface area contributed by atoms with Crippen molar-refractivity contribution in [1.29, 1.82) is 0 Å². The van der Waals surface area contributed by atoms with E-state index >= 15 is 0 Å². The second-order valence-corrected chi connectivity index (χ2v) is 24.7. The maximum atomic E-state index is 11.1. The Morgan fingerprint density at radius 3 is 0.603 bits per heavy atom. The normalized spacial score (nSPS) is 11.7. The molecular formula is C64H114MgO6S2. The zero-order valence-corrected chi connectivity index (χ0v) is 51.0. The number of hydrogen-bond donors (Lipinski definition) is 0. The van der Waals surface area contributed by atoms with Crippen molar-refractivity contribution in [2.45, 2.75) is 345 Å². The first-order valence-electron chi connectivity index (χ1n) is 31.2. The topological polar surface area (TPSA) is 114 Å². The standard InChI is InChI=1S/2C32H58O3S.Mg/c2*1-2-3-4-5-6-7-8-9-10-11-12-13-14-15-16-17-18-19-20-21-22-23-24-25-27-31-28-26-29-32(30-31)36(33,34)35;/h2*26,28-30H,2-25,27H2,1H3,(H,33,34,35);/q;;+2/p-2. The molecule has 0 aliphatic rings. The first-order valence-corrected chi connectivity index (χ1v) is 34.0. The Morgan fingerprint density at radius 1 is 0.274 bits per heavy atom. The maximum absolute atomic E-state index is 11.1. The van der Waals surface area contributed by atoms with Gasteiger partial charge in [-0.1, -0.05) is 333 Å². The summed E-state index contributed by atoms with van der Waals surface area (Å²) in [5, 5.41) is 0. The van der Waals surface area contributed by atoms with Crippen molar-refractivity contribution in [3.63, 3.8) is 0 Å². The molecule has 2 rings (SSSR count). The molecule has 0 N–H and O–H groups in total. The molecule has 0 unspecified atom stereocenters. The summed E-state index contributed by atoms with van der Waals surface area (Å²) in [7, 11) is -8.69. The zero-order chi connectivity index (χ0) is 52.3. The van der Waals surface area contributed by atoms with Crippen LogP contribution in [0.15, 0.2) is 58.3 Å². The SMILES string of the molecule is CCCCCCCCCCCCCCCCCCCCCCCCCCc1cccc(S(=O)(=O)[O-])c1.CCCCCCCCCCCCCCCCCCCCCCCCCCc1cccc(S(=O)(=O)[O-])c1.[Mg+2]. The van der Waals surface area contributed by atoms with E-state index in [0.717, 1.165) is 36.8 Å². The van der Waals surface area contributed by atoms with Crippen LogP contribution in [0.1, 0.15) is 333 Å². The van der Waals surface area contributed by atoms with Crippen LogP contribution in [0, 0.1) is 0 Å². The summed E-state index contributed by atoms with van der Waals surface area (Å²) in [6.45, 7) is 4.58. The number of benzene rings is 2. The van der Waals surface area contributed by atoms with E-state index in [2.05, 4.69) is 13.8 Å². The predicted octanol–water partition coefficient (Wildman–Crippen LogP) is 20.7. The van der Waals surface area contributed by atoms with Crippen LogP contribution in [0.5, 0.6) is 0 Å². The van der Waals surface area contributed by atoms with Crippen LogP contribution in [0.2, 0.25) is 0 Å². The molecule has 0 heterocycles. The fourth-order valence-electron chi connectivity index (χ4n) is 10.3. The molecule has 0 aromatic heterocycles. The predicted molar refractivity (Wildman–Crippen MR) is 315 cm³/mol. The fraction of sp³-hybridized carbons (Fsp3) is 0.812. The number of rotatable bonds is 52. The number of hydrogen-bond acceptors (Lipinski definition) is 6. The van der Waals surface area contributed by atoms with E-state index in [0.29, 0.717) is 0 Å². The molecule has 2 aromatic carbocycles. The number of aryl methyl sites for hydroxylation is 2. The summed E-state index contributed by atoms with van der Waals surface area (Å²) in [5.41, 5.74) is 1.90. The Balaban J connectivity index is 0.00000140. The molecule has 6 nitrogen and oxygen atoms in total. The first-order chi connectivity index (χ1) is 35.1. The van der Waals surface area contributed by atoms with Crippen molar-refractivity contribution in [1.82, 2.24) is 0 Å². The van der Waals surface area contributed by atoms with Gasteiger partial charge in [0.05, 0.1) is 9.79 Å². The molecule has 0 saturated heterocycles. The Kier molecular flexibility index (Phi) is 52.3. The molecule has 2 aromatic rings.